The average Bonchev–Trinajstić information content (AvgIpc) is 2.20. The molecule has 0 N–H and O–H groups in total. The molecule has 0 spiro atoms. The lowest BCUT2D eigenvalue weighted by Crippen LogP contribution is -1.78. The van der Waals surface area contributed by atoms with Crippen molar-refractivity contribution in [1.29, 1.82) is 0 Å². The van der Waals surface area contributed by atoms with Gasteiger partial charge in [0.2, 0.25) is 5.78 Å². The summed E-state index contributed by atoms with van der Waals surface area (Å²) in [5.41, 5.74) is 0. The molecule has 1 nitrogen and oxygen atoms in total. The van der Waals surface area contributed by atoms with Gasteiger partial charge in [0.1, 0.15) is 0 Å². The van der Waals surface area contributed by atoms with Gasteiger partial charge in [-0.05, 0) is 65.1 Å². The van der Waals surface area contributed by atoms with Crippen LogP contribution in [0, 0.1) is 71.5 Å². The summed E-state index contributed by atoms with van der Waals surface area (Å²) in [6.07, 6.45) is 4.86. The quantitative estimate of drug-likeness (QED) is 0.393. The number of terminal acetylenes is 1. The Hall–Kier alpha value is -2.97. The molecule has 0 aromatic heterocycles. The van der Waals surface area contributed by atoms with E-state index in [1.54, 1.807) is 0 Å². The lowest BCUT2D eigenvalue weighted by Gasteiger charge is -1.62. The van der Waals surface area contributed by atoms with Crippen LogP contribution >= 0.6 is 0 Å². The van der Waals surface area contributed by atoms with Crippen molar-refractivity contribution in [2.75, 3.05) is 0 Å². The lowest BCUT2D eigenvalue weighted by molar-refractivity contribution is -0.111. The number of Topliss-reactive ketones (excluding diaryl/α,β-unsaturated/α-hetero) is 1. The molecule has 0 radical (unpaired) electrons. The van der Waals surface area contributed by atoms with Gasteiger partial charge >= 0.3 is 0 Å². The van der Waals surface area contributed by atoms with Gasteiger partial charge in [0.05, 0.1) is 0 Å². The van der Waals surface area contributed by atoms with Gasteiger partial charge in [-0.25, -0.2) is 0 Å². The van der Waals surface area contributed by atoms with Crippen LogP contribution in [0.3, 0.4) is 0 Å². The first-order valence-electron chi connectivity index (χ1n) is 3.74. The Bertz CT molecular complexity index is 585. The molecule has 0 amide bonds. The van der Waals surface area contributed by atoms with Crippen LogP contribution in [0.5, 0.6) is 0 Å². The van der Waals surface area contributed by atoms with Crippen LogP contribution in [-0.2, 0) is 4.79 Å². The average molecular weight is 188 g/mol. The van der Waals surface area contributed by atoms with Gasteiger partial charge < -0.3 is 0 Å². The molecule has 0 saturated heterocycles. The van der Waals surface area contributed by atoms with E-state index in [1.165, 1.54) is 6.92 Å². The number of rotatable bonds is 0. The Labute approximate surface area is 89.6 Å². The SMILES string of the molecule is C#CC#CC#CC#CC#CC#CC(C)=O. The molecule has 66 valence electrons. The van der Waals surface area contributed by atoms with Gasteiger partial charge in [0, 0.05) is 6.92 Å². The molecule has 1 heteroatoms. The summed E-state index contributed by atoms with van der Waals surface area (Å²) in [6, 6.07) is 0. The summed E-state index contributed by atoms with van der Waals surface area (Å²) in [5.74, 6) is 25.6. The van der Waals surface area contributed by atoms with Crippen molar-refractivity contribution in [1.82, 2.24) is 0 Å². The first kappa shape index (κ1) is 12.0. The minimum atomic E-state index is -0.235. The van der Waals surface area contributed by atoms with E-state index in [1.807, 2.05) is 0 Å². The van der Waals surface area contributed by atoms with Crippen LogP contribution in [0.2, 0.25) is 0 Å². The molecular weight excluding hydrogens is 184 g/mol. The molecule has 0 aromatic rings. The molecule has 0 rings (SSSR count). The molecule has 0 unspecified atom stereocenters. The van der Waals surface area contributed by atoms with E-state index in [0.29, 0.717) is 0 Å². The van der Waals surface area contributed by atoms with E-state index >= 15 is 0 Å². The number of ketones is 1. The third kappa shape index (κ3) is 11.0. The summed E-state index contributed by atoms with van der Waals surface area (Å²) in [5, 5.41) is 0. The van der Waals surface area contributed by atoms with Gasteiger partial charge in [-0.1, -0.05) is 0 Å². The van der Waals surface area contributed by atoms with E-state index < -0.39 is 0 Å². The third-order valence-electron chi connectivity index (χ3n) is 0.811. The van der Waals surface area contributed by atoms with Crippen LogP contribution in [0.1, 0.15) is 6.92 Å². The van der Waals surface area contributed by atoms with Crippen molar-refractivity contribution in [3.05, 3.63) is 0 Å². The van der Waals surface area contributed by atoms with Crippen LogP contribution < -0.4 is 0 Å². The van der Waals surface area contributed by atoms with Crippen LogP contribution in [0.15, 0.2) is 0 Å². The molecule has 0 aliphatic rings. The van der Waals surface area contributed by atoms with E-state index in [-0.39, 0.29) is 5.78 Å². The van der Waals surface area contributed by atoms with E-state index in [0.717, 1.165) is 0 Å². The maximum Gasteiger partial charge on any atom is 0.203 e. The molecule has 15 heavy (non-hydrogen) atoms. The third-order valence-corrected chi connectivity index (χ3v) is 0.811. The minimum Gasteiger partial charge on any atom is -0.285 e. The summed E-state index contributed by atoms with van der Waals surface area (Å²) in [7, 11) is 0. The highest BCUT2D eigenvalue weighted by atomic mass is 16.1. The fraction of sp³-hybridized carbons (Fsp3) is 0.0714. The predicted molar refractivity (Wildman–Crippen MR) is 58.4 cm³/mol. The standard InChI is InChI=1S/C14H4O/c1-3-4-5-6-7-8-9-10-11-12-13-14(2)15/h1H,2H3. The van der Waals surface area contributed by atoms with E-state index in [4.69, 9.17) is 6.42 Å². The number of hydrogen-bond acceptors (Lipinski definition) is 1. The van der Waals surface area contributed by atoms with Crippen molar-refractivity contribution < 1.29 is 4.79 Å². The molecular formula is C14H4O. The van der Waals surface area contributed by atoms with Crippen molar-refractivity contribution in [3.8, 4) is 71.5 Å². The molecule has 0 aliphatic heterocycles. The van der Waals surface area contributed by atoms with Gasteiger partial charge in [-0.3, -0.25) is 4.79 Å². The summed E-state index contributed by atoms with van der Waals surface area (Å²) in [4.78, 5) is 10.3. The fourth-order valence-electron chi connectivity index (χ4n) is 0.374. The monoisotopic (exact) mass is 188 g/mol. The molecule has 0 aliphatic carbocycles. The van der Waals surface area contributed by atoms with Crippen molar-refractivity contribution in [3.63, 3.8) is 0 Å². The van der Waals surface area contributed by atoms with Crippen LogP contribution in [0.25, 0.3) is 0 Å². The van der Waals surface area contributed by atoms with E-state index in [2.05, 4.69) is 65.1 Å². The molecule has 0 atom stereocenters. The predicted octanol–water partition coefficient (Wildman–Crippen LogP) is 0.226. The van der Waals surface area contributed by atoms with Crippen molar-refractivity contribution in [2.24, 2.45) is 0 Å². The fourth-order valence-corrected chi connectivity index (χ4v) is 0.374. The second-order valence-corrected chi connectivity index (χ2v) is 1.95. The molecule has 0 bridgehead atoms. The zero-order valence-electron chi connectivity index (χ0n) is 7.99. The molecule has 0 fully saturated rings. The van der Waals surface area contributed by atoms with Crippen LogP contribution in [0.4, 0.5) is 0 Å². The van der Waals surface area contributed by atoms with Gasteiger partial charge in [-0.15, -0.1) is 6.42 Å². The zero-order chi connectivity index (χ0) is 11.4. The smallest absolute Gasteiger partial charge is 0.203 e. The minimum absolute atomic E-state index is 0.235. The summed E-state index contributed by atoms with van der Waals surface area (Å²) >= 11 is 0. The zero-order valence-corrected chi connectivity index (χ0v) is 7.99. The van der Waals surface area contributed by atoms with Gasteiger partial charge in [-0.2, -0.15) is 0 Å². The van der Waals surface area contributed by atoms with Crippen LogP contribution in [-0.4, -0.2) is 5.78 Å². The van der Waals surface area contributed by atoms with Gasteiger partial charge in [0.25, 0.3) is 0 Å². The normalized spacial score (nSPS) is 4.53. The first-order chi connectivity index (χ1) is 7.27. The Morgan fingerprint density at radius 2 is 1.20 bits per heavy atom. The maximum atomic E-state index is 10.3. The Kier molecular flexibility index (Phi) is 7.31. The summed E-state index contributed by atoms with van der Waals surface area (Å²) < 4.78 is 0. The molecule has 0 heterocycles. The molecule has 0 saturated carbocycles. The number of carbonyl (C=O) groups excluding carboxylic acids is 1. The topological polar surface area (TPSA) is 17.1 Å². The Morgan fingerprint density at radius 1 is 0.800 bits per heavy atom. The first-order valence-corrected chi connectivity index (χ1v) is 3.74. The second kappa shape index (κ2) is 9.12. The highest BCUT2D eigenvalue weighted by Crippen LogP contribution is 1.60. The summed E-state index contributed by atoms with van der Waals surface area (Å²) in [6.45, 7) is 1.36. The van der Waals surface area contributed by atoms with Crippen molar-refractivity contribution in [2.45, 2.75) is 6.92 Å². The highest BCUT2D eigenvalue weighted by molar-refractivity contribution is 5.93. The Balaban J connectivity index is 4.24. The number of carbonyl (C=O) groups is 1. The largest absolute Gasteiger partial charge is 0.285 e. The second-order valence-electron chi connectivity index (χ2n) is 1.95. The highest BCUT2D eigenvalue weighted by Gasteiger charge is 1.74. The Morgan fingerprint density at radius 3 is 1.60 bits per heavy atom. The van der Waals surface area contributed by atoms with Crippen molar-refractivity contribution >= 4 is 5.78 Å². The lowest BCUT2D eigenvalue weighted by atomic mass is 10.4. The number of hydrogen-bond donors (Lipinski definition) is 0. The van der Waals surface area contributed by atoms with Gasteiger partial charge in [0.15, 0.2) is 0 Å². The maximum absolute atomic E-state index is 10.3. The van der Waals surface area contributed by atoms with E-state index in [9.17, 15) is 4.79 Å². The molecule has 0 aromatic carbocycles.